The van der Waals surface area contributed by atoms with E-state index in [1.807, 2.05) is 48.5 Å². The van der Waals surface area contributed by atoms with Gasteiger partial charge in [0.25, 0.3) is 0 Å². The van der Waals surface area contributed by atoms with E-state index in [0.29, 0.717) is 6.42 Å². The fraction of sp³-hybridized carbons (Fsp3) is 0.292. The van der Waals surface area contributed by atoms with Crippen molar-refractivity contribution in [3.63, 3.8) is 0 Å². The summed E-state index contributed by atoms with van der Waals surface area (Å²) in [4.78, 5) is 15.0. The highest BCUT2D eigenvalue weighted by molar-refractivity contribution is 9.10. The van der Waals surface area contributed by atoms with E-state index >= 15 is 0 Å². The molecule has 1 aliphatic rings. The van der Waals surface area contributed by atoms with Crippen LogP contribution in [0.2, 0.25) is 0 Å². The van der Waals surface area contributed by atoms with Crippen LogP contribution >= 0.6 is 15.9 Å². The van der Waals surface area contributed by atoms with Crippen LogP contribution in [0.3, 0.4) is 0 Å². The van der Waals surface area contributed by atoms with Crippen LogP contribution in [0.25, 0.3) is 0 Å². The van der Waals surface area contributed by atoms with Crippen molar-refractivity contribution in [3.8, 4) is 36.2 Å². The van der Waals surface area contributed by atoms with Crippen molar-refractivity contribution >= 4 is 21.8 Å². The third kappa shape index (κ3) is 3.48. The zero-order valence-corrected chi connectivity index (χ0v) is 18.0. The van der Waals surface area contributed by atoms with Crippen LogP contribution in [0.15, 0.2) is 48.5 Å². The molecule has 148 valence electrons. The van der Waals surface area contributed by atoms with Crippen molar-refractivity contribution in [2.75, 3.05) is 27.3 Å². The number of hydrogen-bond acceptors (Lipinski definition) is 3. The largest absolute Gasteiger partial charge is 0.497 e. The maximum atomic E-state index is 13.5. The van der Waals surface area contributed by atoms with Gasteiger partial charge < -0.3 is 14.4 Å². The fourth-order valence-electron chi connectivity index (χ4n) is 3.86. The molecular formula is C24H22BrNO3. The van der Waals surface area contributed by atoms with Gasteiger partial charge >= 0.3 is 0 Å². The molecule has 1 atom stereocenters. The molecule has 5 heteroatoms. The lowest BCUT2D eigenvalue weighted by Gasteiger charge is -2.27. The molecule has 1 amide bonds. The minimum absolute atomic E-state index is 0.126. The summed E-state index contributed by atoms with van der Waals surface area (Å²) >= 11 is 3.78. The van der Waals surface area contributed by atoms with E-state index in [0.717, 1.165) is 22.6 Å². The van der Waals surface area contributed by atoms with Crippen LogP contribution in [0.4, 0.5) is 0 Å². The van der Waals surface area contributed by atoms with Crippen molar-refractivity contribution in [1.29, 1.82) is 0 Å². The van der Waals surface area contributed by atoms with E-state index < -0.39 is 9.74 Å². The third-order valence-corrected chi connectivity index (χ3v) is 6.67. The summed E-state index contributed by atoms with van der Waals surface area (Å²) in [6.45, 7) is 0.311. The number of amides is 1. The topological polar surface area (TPSA) is 38.8 Å². The van der Waals surface area contributed by atoms with Gasteiger partial charge in [0.1, 0.15) is 15.8 Å². The van der Waals surface area contributed by atoms with E-state index in [9.17, 15) is 4.79 Å². The molecule has 4 nitrogen and oxygen atoms in total. The first kappa shape index (κ1) is 20.8. The van der Waals surface area contributed by atoms with Crippen molar-refractivity contribution in [2.24, 2.45) is 0 Å². The molecule has 1 unspecified atom stereocenters. The first-order valence-corrected chi connectivity index (χ1v) is 9.90. The van der Waals surface area contributed by atoms with Gasteiger partial charge in [-0.25, -0.2) is 0 Å². The predicted molar refractivity (Wildman–Crippen MR) is 117 cm³/mol. The molecule has 0 bridgehead atoms. The summed E-state index contributed by atoms with van der Waals surface area (Å²) in [5.74, 6) is 6.38. The Morgan fingerprint density at radius 1 is 1.03 bits per heavy atom. The third-order valence-electron chi connectivity index (χ3n) is 5.38. The number of ether oxygens (including phenoxy) is 2. The highest BCUT2D eigenvalue weighted by Crippen LogP contribution is 2.68. The van der Waals surface area contributed by atoms with E-state index in [-0.39, 0.29) is 19.0 Å². The molecule has 0 aromatic heterocycles. The number of alkyl halides is 1. The van der Waals surface area contributed by atoms with E-state index in [4.69, 9.17) is 22.3 Å². The summed E-state index contributed by atoms with van der Waals surface area (Å²) in [6, 6.07) is 15.5. The standard InChI is InChI=1S/C24H22BrNO3/c1-5-13-26(14-6-2)22(27)24(25)17-23(24,18-9-7-11-20(15-18)28-3)19-10-8-12-21(16-19)29-4/h1-2,7-12,15-16H,13-14,17H2,3-4H3. The molecule has 0 aliphatic heterocycles. The van der Waals surface area contributed by atoms with E-state index in [2.05, 4.69) is 27.8 Å². The maximum Gasteiger partial charge on any atom is 0.242 e. The lowest BCUT2D eigenvalue weighted by Crippen LogP contribution is -2.42. The van der Waals surface area contributed by atoms with Crippen molar-refractivity contribution in [1.82, 2.24) is 4.90 Å². The SMILES string of the molecule is C#CCN(CC#C)C(=O)C1(Br)CC1(c1cccc(OC)c1)c1cccc(OC)c1. The van der Waals surface area contributed by atoms with Gasteiger partial charge in [-0.3, -0.25) is 4.79 Å². The predicted octanol–water partition coefficient (Wildman–Crippen LogP) is 3.62. The second kappa shape index (κ2) is 8.23. The first-order chi connectivity index (χ1) is 14.0. The Labute approximate surface area is 180 Å². The van der Waals surface area contributed by atoms with Crippen molar-refractivity contribution in [3.05, 3.63) is 59.7 Å². The number of rotatable bonds is 7. The summed E-state index contributed by atoms with van der Waals surface area (Å²) < 4.78 is 9.98. The quantitative estimate of drug-likeness (QED) is 0.476. The highest BCUT2D eigenvalue weighted by atomic mass is 79.9. The number of terminal acetylenes is 2. The Hall–Kier alpha value is -2.89. The Morgan fingerprint density at radius 3 is 1.93 bits per heavy atom. The van der Waals surface area contributed by atoms with Crippen molar-refractivity contribution < 1.29 is 14.3 Å². The van der Waals surface area contributed by atoms with Gasteiger partial charge in [0.15, 0.2) is 0 Å². The molecule has 0 saturated heterocycles. The number of hydrogen-bond donors (Lipinski definition) is 0. The van der Waals surface area contributed by atoms with Crippen LogP contribution in [0.5, 0.6) is 11.5 Å². The van der Waals surface area contributed by atoms with Crippen LogP contribution < -0.4 is 9.47 Å². The van der Waals surface area contributed by atoms with Crippen LogP contribution in [-0.2, 0) is 10.2 Å². The zero-order chi connectivity index (χ0) is 21.1. The van der Waals surface area contributed by atoms with Gasteiger partial charge in [-0.2, -0.15) is 0 Å². The van der Waals surface area contributed by atoms with Gasteiger partial charge in [-0.1, -0.05) is 52.0 Å². The van der Waals surface area contributed by atoms with Gasteiger partial charge in [-0.15, -0.1) is 12.8 Å². The molecule has 0 spiro atoms. The summed E-state index contributed by atoms with van der Waals surface area (Å²) in [6.07, 6.45) is 11.5. The van der Waals surface area contributed by atoms with Crippen LogP contribution in [0, 0.1) is 24.7 Å². The number of methoxy groups -OCH3 is 2. The molecule has 2 aromatic carbocycles. The normalized spacial score (nSPS) is 18.8. The second-order valence-corrected chi connectivity index (χ2v) is 8.27. The highest BCUT2D eigenvalue weighted by Gasteiger charge is 2.73. The number of nitrogens with zero attached hydrogens (tertiary/aromatic N) is 1. The second-order valence-electron chi connectivity index (χ2n) is 6.92. The summed E-state index contributed by atoms with van der Waals surface area (Å²) in [7, 11) is 3.25. The molecule has 29 heavy (non-hydrogen) atoms. The summed E-state index contributed by atoms with van der Waals surface area (Å²) in [5, 5.41) is 0. The van der Waals surface area contributed by atoms with Gasteiger partial charge in [-0.05, 0) is 41.8 Å². The van der Waals surface area contributed by atoms with Crippen LogP contribution in [-0.4, -0.2) is 42.4 Å². The monoisotopic (exact) mass is 451 g/mol. The Bertz CT molecular complexity index is 940. The lowest BCUT2D eigenvalue weighted by atomic mass is 9.85. The number of halogens is 1. The van der Waals surface area contributed by atoms with Gasteiger partial charge in [0.05, 0.1) is 27.3 Å². The molecular weight excluding hydrogens is 430 g/mol. The first-order valence-electron chi connectivity index (χ1n) is 9.11. The van der Waals surface area contributed by atoms with Gasteiger partial charge in [0, 0.05) is 5.41 Å². The number of benzene rings is 2. The molecule has 2 aromatic rings. The number of carbonyl (C=O) groups excluding carboxylic acids is 1. The lowest BCUT2D eigenvalue weighted by molar-refractivity contribution is -0.130. The maximum absolute atomic E-state index is 13.5. The Morgan fingerprint density at radius 2 is 1.52 bits per heavy atom. The molecule has 0 radical (unpaired) electrons. The Kier molecular flexibility index (Phi) is 5.91. The fourth-order valence-corrected chi connectivity index (χ4v) is 4.98. The van der Waals surface area contributed by atoms with E-state index in [1.165, 1.54) is 4.90 Å². The van der Waals surface area contributed by atoms with Crippen LogP contribution in [0.1, 0.15) is 17.5 Å². The Balaban J connectivity index is 2.14. The summed E-state index contributed by atoms with van der Waals surface area (Å²) in [5.41, 5.74) is 1.34. The average molecular weight is 452 g/mol. The minimum Gasteiger partial charge on any atom is -0.497 e. The van der Waals surface area contributed by atoms with E-state index in [1.54, 1.807) is 14.2 Å². The molecule has 1 fully saturated rings. The molecule has 1 aliphatic carbocycles. The molecule has 1 saturated carbocycles. The van der Waals surface area contributed by atoms with Gasteiger partial charge in [0.2, 0.25) is 5.91 Å². The molecule has 3 rings (SSSR count). The number of carbonyl (C=O) groups is 1. The average Bonchev–Trinajstić information content (AvgIpc) is 3.41. The minimum atomic E-state index is -0.869. The molecule has 0 heterocycles. The molecule has 0 N–H and O–H groups in total. The smallest absolute Gasteiger partial charge is 0.242 e. The van der Waals surface area contributed by atoms with Crippen molar-refractivity contribution in [2.45, 2.75) is 16.2 Å². The zero-order valence-electron chi connectivity index (χ0n) is 16.4.